The number of aryl methyl sites for hydroxylation is 2. The van der Waals surface area contributed by atoms with Gasteiger partial charge in [0.15, 0.2) is 0 Å². The monoisotopic (exact) mass is 581 g/mol. The largest absolute Gasteiger partial charge is 0.354 e. The molecular formula is C31H39N3O4S2. The van der Waals surface area contributed by atoms with Crippen LogP contribution < -0.4 is 9.62 Å². The van der Waals surface area contributed by atoms with Crippen molar-refractivity contribution in [3.8, 4) is 0 Å². The number of benzene rings is 3. The molecule has 7 nitrogen and oxygen atoms in total. The maximum atomic E-state index is 14.0. The first-order valence-electron chi connectivity index (χ1n) is 13.4. The van der Waals surface area contributed by atoms with Gasteiger partial charge in [-0.05, 0) is 81.0 Å². The van der Waals surface area contributed by atoms with Crippen molar-refractivity contribution in [1.82, 2.24) is 10.2 Å². The Morgan fingerprint density at radius 1 is 0.950 bits per heavy atom. The predicted molar refractivity (Wildman–Crippen MR) is 163 cm³/mol. The number of carbonyl (C=O) groups excluding carboxylic acids is 2. The lowest BCUT2D eigenvalue weighted by molar-refractivity contribution is -0.139. The Labute approximate surface area is 243 Å². The molecule has 0 aromatic heterocycles. The lowest BCUT2D eigenvalue weighted by Gasteiger charge is -2.32. The predicted octanol–water partition coefficient (Wildman–Crippen LogP) is 5.55. The van der Waals surface area contributed by atoms with Gasteiger partial charge in [-0.3, -0.25) is 13.9 Å². The number of nitrogens with one attached hydrogen (secondary N) is 1. The van der Waals surface area contributed by atoms with Gasteiger partial charge in [-0.25, -0.2) is 8.42 Å². The fourth-order valence-corrected chi connectivity index (χ4v) is 6.03. The highest BCUT2D eigenvalue weighted by atomic mass is 32.2. The van der Waals surface area contributed by atoms with Gasteiger partial charge >= 0.3 is 0 Å². The first-order chi connectivity index (χ1) is 19.1. The summed E-state index contributed by atoms with van der Waals surface area (Å²) in [7, 11) is -4.09. The molecule has 3 aromatic rings. The number of unbranched alkanes of at least 4 members (excludes halogenated alkanes) is 1. The summed E-state index contributed by atoms with van der Waals surface area (Å²) in [5.74, 6) is -0.737. The second-order valence-corrected chi connectivity index (χ2v) is 12.5. The Morgan fingerprint density at radius 3 is 2.20 bits per heavy atom. The van der Waals surface area contributed by atoms with E-state index in [0.717, 1.165) is 38.7 Å². The average molecular weight is 582 g/mol. The van der Waals surface area contributed by atoms with Gasteiger partial charge in [-0.2, -0.15) is 0 Å². The van der Waals surface area contributed by atoms with Crippen molar-refractivity contribution in [3.05, 3.63) is 89.5 Å². The van der Waals surface area contributed by atoms with E-state index in [4.69, 9.17) is 0 Å². The zero-order chi connectivity index (χ0) is 29.3. The van der Waals surface area contributed by atoms with Gasteiger partial charge in [0.1, 0.15) is 12.6 Å². The summed E-state index contributed by atoms with van der Waals surface area (Å²) in [6.07, 6.45) is 3.68. The fourth-order valence-electron chi connectivity index (χ4n) is 4.20. The number of sulfonamides is 1. The van der Waals surface area contributed by atoms with Gasteiger partial charge in [-0.15, -0.1) is 11.8 Å². The normalized spacial score (nSPS) is 12.0. The average Bonchev–Trinajstić information content (AvgIpc) is 2.95. The Kier molecular flexibility index (Phi) is 11.2. The molecule has 1 atom stereocenters. The zero-order valence-electron chi connectivity index (χ0n) is 23.9. The molecule has 2 amide bonds. The van der Waals surface area contributed by atoms with Crippen molar-refractivity contribution in [2.24, 2.45) is 0 Å². The molecule has 3 rings (SSSR count). The third-order valence-corrected chi connectivity index (χ3v) is 9.38. The summed E-state index contributed by atoms with van der Waals surface area (Å²) in [5, 5.41) is 2.91. The third kappa shape index (κ3) is 7.88. The molecule has 0 fully saturated rings. The molecule has 0 unspecified atom stereocenters. The molecule has 9 heteroatoms. The van der Waals surface area contributed by atoms with Crippen molar-refractivity contribution in [3.63, 3.8) is 0 Å². The molecule has 0 aliphatic carbocycles. The molecule has 0 aliphatic heterocycles. The number of amides is 2. The number of anilines is 1. The van der Waals surface area contributed by atoms with Crippen LogP contribution >= 0.6 is 11.8 Å². The minimum atomic E-state index is -4.09. The minimum absolute atomic E-state index is 0.0921. The van der Waals surface area contributed by atoms with Crippen LogP contribution in [0.15, 0.2) is 82.6 Å². The number of hydrogen-bond donors (Lipinski definition) is 1. The number of thioether (sulfide) groups is 1. The van der Waals surface area contributed by atoms with Gasteiger partial charge < -0.3 is 10.2 Å². The van der Waals surface area contributed by atoms with Gasteiger partial charge in [0.05, 0.1) is 10.6 Å². The summed E-state index contributed by atoms with van der Waals surface area (Å²) < 4.78 is 29.0. The van der Waals surface area contributed by atoms with Crippen LogP contribution in [-0.2, 0) is 26.2 Å². The van der Waals surface area contributed by atoms with E-state index in [1.807, 2.05) is 63.4 Å². The second kappa shape index (κ2) is 14.4. The topological polar surface area (TPSA) is 86.8 Å². The smallest absolute Gasteiger partial charge is 0.264 e. The molecule has 0 spiro atoms. The number of carbonyl (C=O) groups is 2. The quantitative estimate of drug-likeness (QED) is 0.211. The summed E-state index contributed by atoms with van der Waals surface area (Å²) >= 11 is 1.52. The van der Waals surface area contributed by atoms with Gasteiger partial charge in [0.25, 0.3) is 10.0 Å². The van der Waals surface area contributed by atoms with E-state index in [0.29, 0.717) is 12.2 Å². The highest BCUT2D eigenvalue weighted by Gasteiger charge is 2.32. The summed E-state index contributed by atoms with van der Waals surface area (Å²) in [6, 6.07) is 20.5. The Morgan fingerprint density at radius 2 is 1.60 bits per heavy atom. The van der Waals surface area contributed by atoms with Crippen LogP contribution in [0.5, 0.6) is 0 Å². The molecule has 3 aromatic carbocycles. The summed E-state index contributed by atoms with van der Waals surface area (Å²) in [4.78, 5) is 29.6. The zero-order valence-corrected chi connectivity index (χ0v) is 25.5. The third-order valence-electron chi connectivity index (χ3n) is 6.85. The van der Waals surface area contributed by atoms with Crippen molar-refractivity contribution in [2.75, 3.05) is 23.7 Å². The standard InChI is InChI=1S/C31H39N3O4S2/c1-6-7-20-32-31(36)25(4)33(21-26-11-9-8-10-24(26)3)30(35)22-34(27-14-12-23(2)13-15-27)40(37,38)29-18-16-28(39-5)17-19-29/h8-19,25H,6-7,20-22H2,1-5H3,(H,32,36)/t25-/m0/s1. The summed E-state index contributed by atoms with van der Waals surface area (Å²) in [5.41, 5.74) is 3.22. The highest BCUT2D eigenvalue weighted by Crippen LogP contribution is 2.26. The molecule has 0 saturated carbocycles. The van der Waals surface area contributed by atoms with Crippen LogP contribution in [-0.4, -0.2) is 50.5 Å². The van der Waals surface area contributed by atoms with Crippen LogP contribution in [0, 0.1) is 13.8 Å². The van der Waals surface area contributed by atoms with Crippen molar-refractivity contribution in [1.29, 1.82) is 0 Å². The van der Waals surface area contributed by atoms with Crippen LogP contribution in [0.4, 0.5) is 5.69 Å². The van der Waals surface area contributed by atoms with Crippen LogP contribution in [0.1, 0.15) is 43.4 Å². The minimum Gasteiger partial charge on any atom is -0.354 e. The van der Waals surface area contributed by atoms with Crippen LogP contribution in [0.3, 0.4) is 0 Å². The van der Waals surface area contributed by atoms with Crippen molar-refractivity contribution >= 4 is 39.3 Å². The van der Waals surface area contributed by atoms with E-state index in [9.17, 15) is 18.0 Å². The Balaban J connectivity index is 2.00. The van der Waals surface area contributed by atoms with Gasteiger partial charge in [0, 0.05) is 18.0 Å². The molecule has 0 aliphatic rings. The molecule has 40 heavy (non-hydrogen) atoms. The van der Waals surface area contributed by atoms with E-state index in [1.165, 1.54) is 16.7 Å². The second-order valence-electron chi connectivity index (χ2n) is 9.79. The van der Waals surface area contributed by atoms with E-state index in [-0.39, 0.29) is 17.3 Å². The first kappa shape index (κ1) is 31.2. The Bertz CT molecular complexity index is 1390. The van der Waals surface area contributed by atoms with Crippen LogP contribution in [0.2, 0.25) is 0 Å². The van der Waals surface area contributed by atoms with E-state index in [1.54, 1.807) is 43.3 Å². The van der Waals surface area contributed by atoms with E-state index in [2.05, 4.69) is 5.32 Å². The lowest BCUT2D eigenvalue weighted by Crippen LogP contribution is -2.51. The number of nitrogens with zero attached hydrogens (tertiary/aromatic N) is 2. The lowest BCUT2D eigenvalue weighted by atomic mass is 10.1. The molecule has 0 saturated heterocycles. The van der Waals surface area contributed by atoms with Crippen LogP contribution in [0.25, 0.3) is 0 Å². The SMILES string of the molecule is CCCCNC(=O)[C@H](C)N(Cc1ccccc1C)C(=O)CN(c1ccc(C)cc1)S(=O)(=O)c1ccc(SC)cc1. The maximum Gasteiger partial charge on any atom is 0.264 e. The highest BCUT2D eigenvalue weighted by molar-refractivity contribution is 7.98. The van der Waals surface area contributed by atoms with Crippen molar-refractivity contribution in [2.45, 2.75) is 62.9 Å². The summed E-state index contributed by atoms with van der Waals surface area (Å²) in [6.45, 7) is 7.83. The molecule has 1 N–H and O–H groups in total. The molecule has 0 heterocycles. The maximum absolute atomic E-state index is 14.0. The van der Waals surface area contributed by atoms with Gasteiger partial charge in [-0.1, -0.05) is 55.3 Å². The van der Waals surface area contributed by atoms with Gasteiger partial charge in [0.2, 0.25) is 11.8 Å². The molecule has 0 radical (unpaired) electrons. The molecule has 214 valence electrons. The fraction of sp³-hybridized carbons (Fsp3) is 0.355. The van der Waals surface area contributed by atoms with Crippen molar-refractivity contribution < 1.29 is 18.0 Å². The molecular weight excluding hydrogens is 542 g/mol. The molecule has 0 bridgehead atoms. The van der Waals surface area contributed by atoms with E-state index < -0.39 is 28.5 Å². The van der Waals surface area contributed by atoms with E-state index >= 15 is 0 Å². The first-order valence-corrected chi connectivity index (χ1v) is 16.1. The number of hydrogen-bond acceptors (Lipinski definition) is 5. The number of rotatable bonds is 13. The Hall–Kier alpha value is -3.30.